The van der Waals surface area contributed by atoms with Gasteiger partial charge in [0.15, 0.2) is 0 Å². The molecule has 18 amide bonds. The number of likely N-dealkylation sites (tertiary alicyclic amines) is 12. The predicted molar refractivity (Wildman–Crippen MR) is 429 cm³/mol. The van der Waals surface area contributed by atoms with Crippen molar-refractivity contribution in [3.8, 4) is 0 Å². The molecular weight excluding hydrogens is 1650 g/mol. The number of benzene rings is 1. The van der Waals surface area contributed by atoms with Crippen molar-refractivity contribution in [2.75, 3.05) is 118 Å². The van der Waals surface area contributed by atoms with Crippen LogP contribution >= 0.6 is 0 Å². The van der Waals surface area contributed by atoms with Gasteiger partial charge in [-0.3, -0.25) is 91.1 Å². The van der Waals surface area contributed by atoms with E-state index >= 15 is 0 Å². The maximum atomic E-state index is 14.5. The van der Waals surface area contributed by atoms with Gasteiger partial charge < -0.3 is 132 Å². The number of carbonyl (C=O) groups excluding carboxylic acids is 18. The average molecular weight is 1770 g/mol. The van der Waals surface area contributed by atoms with Crippen molar-refractivity contribution in [3.63, 3.8) is 0 Å². The number of nitrogens with one attached hydrogen (secondary N) is 6. The monoisotopic (exact) mass is 1770 g/mol. The molecule has 12 aliphatic heterocycles. The molecule has 12 heterocycles. The van der Waals surface area contributed by atoms with Crippen LogP contribution in [0.4, 0.5) is 0 Å². The van der Waals surface area contributed by atoms with Gasteiger partial charge in [0.2, 0.25) is 106 Å². The topological polar surface area (TPSA) is 603 Å². The standard InChI is InChI=1S/C81H113N19O26/c82-50(24-43-10-2-1-3-11-43)75(120)94-23-9-17-56(94)81(126)100-42-48(105)29-61(100)73(118)87-35-67(111)92-21-7-15-54(92)79(124)98-40-46(103)27-59(98)71(116)85-33-65(109)90-19-5-13-52(90)77(122)96-38-44(101)25-57(96)69(114)83-31-63(107)89-18-4-12-51(89)76(121)95-37-45(102)26-58(95)70(115)84-32-64(108)91-20-6-14-53(91)78(123)97-39-47(104)28-60(97)72(117)86-34-66(110)93-22-8-16-55(93)80(125)99-41-49(106)30-62(99)74(119)88-36-68(112)113/h1-3,10-11,44-62,101-106H,4-9,12-42,82H2,(H,83,114)(H,84,115)(H,85,116)(H,86,117)(H,87,118)(H,88,119)(H,112,113)/t44-,45-,46-,47-,48-,49-,50+,51+,52+,53+,54+,55+,56+,57+,58+,59+,60+,61+,62+/m1/s1. The minimum atomic E-state index is -1.34. The molecule has 0 spiro atoms. The summed E-state index contributed by atoms with van der Waals surface area (Å²) in [6.45, 7) is -5.12. The lowest BCUT2D eigenvalue weighted by atomic mass is 10.0. The molecule has 0 aliphatic carbocycles. The highest BCUT2D eigenvalue weighted by molar-refractivity contribution is 6.02. The second kappa shape index (κ2) is 40.2. The first-order chi connectivity index (χ1) is 60.2. The van der Waals surface area contributed by atoms with E-state index in [2.05, 4.69) is 31.9 Å². The predicted octanol–water partition coefficient (Wildman–Crippen LogP) is -10.9. The third-order valence-electron chi connectivity index (χ3n) is 26.4. The Morgan fingerprint density at radius 3 is 0.698 bits per heavy atom. The van der Waals surface area contributed by atoms with Crippen LogP contribution in [0.1, 0.15) is 121 Å². The number of nitrogens with two attached hydrogens (primary N) is 1. The Hall–Kier alpha value is -11.1. The normalized spacial score (nSPS) is 29.7. The number of carbonyl (C=O) groups is 19. The summed E-state index contributed by atoms with van der Waals surface area (Å²) in [7, 11) is 0. The van der Waals surface area contributed by atoms with Crippen molar-refractivity contribution in [3.05, 3.63) is 35.9 Å². The molecule has 12 fully saturated rings. The van der Waals surface area contributed by atoms with Gasteiger partial charge in [0.1, 0.15) is 79.0 Å². The third-order valence-corrected chi connectivity index (χ3v) is 26.4. The molecule has 19 atom stereocenters. The Morgan fingerprint density at radius 1 is 0.286 bits per heavy atom. The van der Waals surface area contributed by atoms with Crippen LogP contribution < -0.4 is 37.6 Å². The van der Waals surface area contributed by atoms with E-state index < -0.39 is 267 Å². The number of hydrogen-bond donors (Lipinski definition) is 14. The van der Waals surface area contributed by atoms with Gasteiger partial charge in [0.25, 0.3) is 0 Å². The molecule has 15 N–H and O–H groups in total. The van der Waals surface area contributed by atoms with Gasteiger partial charge >= 0.3 is 5.97 Å². The highest BCUT2D eigenvalue weighted by Crippen LogP contribution is 2.34. The van der Waals surface area contributed by atoms with Gasteiger partial charge in [0, 0.05) is 117 Å². The fraction of sp³-hybridized carbons (Fsp3) is 0.691. The van der Waals surface area contributed by atoms with Crippen LogP contribution in [0.15, 0.2) is 30.3 Å². The first kappa shape index (κ1) is 92.5. The fourth-order valence-corrected chi connectivity index (χ4v) is 20.2. The number of nitrogens with zero attached hydrogens (tertiary/aromatic N) is 12. The van der Waals surface area contributed by atoms with E-state index in [-0.39, 0.29) is 156 Å². The Bertz CT molecular complexity index is 4390. The molecule has 45 nitrogen and oxygen atoms in total. The third kappa shape index (κ3) is 20.4. The number of carboxylic acids is 1. The second-order valence-electron chi connectivity index (χ2n) is 34.8. The van der Waals surface area contributed by atoms with Crippen LogP contribution in [-0.2, 0) is 97.5 Å². The fourth-order valence-electron chi connectivity index (χ4n) is 20.2. The van der Waals surface area contributed by atoms with Gasteiger partial charge in [-0.2, -0.15) is 0 Å². The van der Waals surface area contributed by atoms with Crippen LogP contribution in [0, 0.1) is 0 Å². The van der Waals surface area contributed by atoms with E-state index in [0.29, 0.717) is 44.9 Å². The van der Waals surface area contributed by atoms with E-state index in [1.54, 1.807) is 0 Å². The molecule has 688 valence electrons. The lowest BCUT2D eigenvalue weighted by Crippen LogP contribution is -2.57. The zero-order valence-corrected chi connectivity index (χ0v) is 69.9. The van der Waals surface area contributed by atoms with Crippen molar-refractivity contribution >= 4 is 112 Å². The molecule has 1 aromatic rings. The summed E-state index contributed by atoms with van der Waals surface area (Å²) in [5.74, 6) is -14.1. The quantitative estimate of drug-likeness (QED) is 0.0389. The van der Waals surface area contributed by atoms with E-state index in [0.717, 1.165) is 30.1 Å². The molecule has 45 heteroatoms. The first-order valence-corrected chi connectivity index (χ1v) is 43.5. The molecule has 12 saturated heterocycles. The molecule has 0 bridgehead atoms. The summed E-state index contributed by atoms with van der Waals surface area (Å²) < 4.78 is 0. The minimum absolute atomic E-state index is 0.0386. The Balaban J connectivity index is 0.543. The number of carboxylic acid groups (broad SMARTS) is 1. The van der Waals surface area contributed by atoms with Crippen LogP contribution in [0.25, 0.3) is 0 Å². The highest BCUT2D eigenvalue weighted by atomic mass is 16.4. The molecule has 0 aromatic heterocycles. The summed E-state index contributed by atoms with van der Waals surface area (Å²) >= 11 is 0. The molecule has 0 radical (unpaired) electrons. The molecule has 13 rings (SSSR count). The molecular formula is C81H113N19O26. The average Bonchev–Trinajstić information content (AvgIpc) is 1.66. The zero-order valence-electron chi connectivity index (χ0n) is 69.9. The van der Waals surface area contributed by atoms with Crippen molar-refractivity contribution in [2.24, 2.45) is 5.73 Å². The molecule has 0 saturated carbocycles. The highest BCUT2D eigenvalue weighted by Gasteiger charge is 2.53. The summed E-state index contributed by atoms with van der Waals surface area (Å²) in [6.07, 6.45) is -4.79. The number of β-amino-alcohol motifs (C(OH)–C–C–N with tert-alkyl or cyclic N) is 6. The van der Waals surface area contributed by atoms with Gasteiger partial charge in [-0.15, -0.1) is 0 Å². The molecule has 12 aliphatic rings. The number of hydrogen-bond acceptors (Lipinski definition) is 26. The van der Waals surface area contributed by atoms with Gasteiger partial charge in [-0.05, 0) is 89.0 Å². The van der Waals surface area contributed by atoms with E-state index in [1.807, 2.05) is 30.3 Å². The summed E-state index contributed by atoms with van der Waals surface area (Å²) in [5.41, 5.74) is 7.17. The number of amides is 18. The second-order valence-corrected chi connectivity index (χ2v) is 34.8. The number of rotatable bonds is 27. The van der Waals surface area contributed by atoms with E-state index in [9.17, 15) is 122 Å². The number of aliphatic hydroxyl groups is 6. The van der Waals surface area contributed by atoms with Crippen molar-refractivity contribution in [1.82, 2.24) is 90.7 Å². The number of aliphatic hydroxyl groups excluding tert-OH is 6. The van der Waals surface area contributed by atoms with Crippen LogP contribution in [0.2, 0.25) is 0 Å². The zero-order chi connectivity index (χ0) is 90.4. The molecule has 0 unspecified atom stereocenters. The van der Waals surface area contributed by atoms with Gasteiger partial charge in [-0.25, -0.2) is 0 Å². The largest absolute Gasteiger partial charge is 0.480 e. The molecule has 126 heavy (non-hydrogen) atoms. The molecule has 1 aromatic carbocycles. The lowest BCUT2D eigenvalue weighted by Gasteiger charge is -2.32. The van der Waals surface area contributed by atoms with Crippen molar-refractivity contribution < 1.29 is 127 Å². The maximum Gasteiger partial charge on any atom is 0.322 e. The van der Waals surface area contributed by atoms with Crippen molar-refractivity contribution in [1.29, 1.82) is 0 Å². The van der Waals surface area contributed by atoms with Gasteiger partial charge in [0.05, 0.1) is 75.4 Å². The minimum Gasteiger partial charge on any atom is -0.480 e. The van der Waals surface area contributed by atoms with Crippen LogP contribution in [-0.4, -0.2) is 440 Å². The first-order valence-electron chi connectivity index (χ1n) is 43.5. The Kier molecular flexibility index (Phi) is 29.6. The summed E-state index contributed by atoms with van der Waals surface area (Å²) in [6, 6.07) is -6.09. The maximum absolute atomic E-state index is 14.5. The summed E-state index contributed by atoms with van der Waals surface area (Å²) in [4.78, 5) is 277. The Labute approximate surface area is 723 Å². The Morgan fingerprint density at radius 2 is 0.484 bits per heavy atom. The van der Waals surface area contributed by atoms with Gasteiger partial charge in [-0.1, -0.05) is 30.3 Å². The van der Waals surface area contributed by atoms with E-state index in [1.165, 1.54) is 34.3 Å². The van der Waals surface area contributed by atoms with Crippen LogP contribution in [0.3, 0.4) is 0 Å². The van der Waals surface area contributed by atoms with Crippen molar-refractivity contribution in [2.45, 2.75) is 237 Å². The smallest absolute Gasteiger partial charge is 0.322 e. The van der Waals surface area contributed by atoms with Crippen LogP contribution in [0.5, 0.6) is 0 Å². The number of aliphatic carboxylic acids is 1. The SMILES string of the molecule is N[C@@H](Cc1ccccc1)C(=O)N1CCC[C@H]1C(=O)N1C[C@H](O)C[C@H]1C(=O)NCC(=O)N1CCC[C@H]1C(=O)N1C[C@H](O)C[C@H]1C(=O)NCC(=O)N1CCC[C@H]1C(=O)N1C[C@H](O)C[C@H]1C(=O)NCC(=O)N1CCC[C@H]1C(=O)N1C[C@H](O)C[C@H]1C(=O)NCC(=O)N1CCC[C@H]1C(=O)N1C[C@H](O)C[C@H]1C(=O)NCC(=O)N1CCC[C@H]1C(=O)N1C[C@H](O)C[C@H]1C(=O)NCC(=O)O. The lowest BCUT2D eigenvalue weighted by molar-refractivity contribution is -0.148. The summed E-state index contributed by atoms with van der Waals surface area (Å²) in [5, 5.41) is 88.4. The van der Waals surface area contributed by atoms with E-state index in [4.69, 9.17) is 10.8 Å².